The number of piperazine rings is 1. The highest BCUT2D eigenvalue weighted by atomic mass is 15.2. The van der Waals surface area contributed by atoms with Crippen LogP contribution in [0.15, 0.2) is 48.5 Å². The first-order valence-electron chi connectivity index (χ1n) is 9.71. The average Bonchev–Trinajstić information content (AvgIpc) is 2.63. The summed E-state index contributed by atoms with van der Waals surface area (Å²) in [5, 5.41) is 0. The molecular weight excluding hydrogens is 304 g/mol. The summed E-state index contributed by atoms with van der Waals surface area (Å²) in [6.45, 7) is 11.1. The van der Waals surface area contributed by atoms with Crippen LogP contribution in [0.2, 0.25) is 0 Å². The molecule has 0 aromatic heterocycles. The summed E-state index contributed by atoms with van der Waals surface area (Å²) in [4.78, 5) is 4.95. The fourth-order valence-corrected chi connectivity index (χ4v) is 3.25. The van der Waals surface area contributed by atoms with Crippen LogP contribution >= 0.6 is 0 Å². The minimum absolute atomic E-state index is 1.12. The zero-order valence-electron chi connectivity index (χ0n) is 16.5. The molecule has 3 rings (SSSR count). The van der Waals surface area contributed by atoms with Crippen LogP contribution in [0.3, 0.4) is 0 Å². The molecular formula is C23H34N2. The Bertz CT molecular complexity index is 613. The molecule has 0 bridgehead atoms. The molecule has 1 fully saturated rings. The minimum Gasteiger partial charge on any atom is -0.369 e. The van der Waals surface area contributed by atoms with E-state index in [1.807, 2.05) is 0 Å². The SMILES string of the molecule is CCC.Cc1c(CCc2ccccc2)cccc1N1CCN(C)CC1. The van der Waals surface area contributed by atoms with Crippen LogP contribution in [-0.2, 0) is 12.8 Å². The maximum Gasteiger partial charge on any atom is 0.0399 e. The normalized spacial score (nSPS) is 14.8. The van der Waals surface area contributed by atoms with E-state index in [9.17, 15) is 0 Å². The summed E-state index contributed by atoms with van der Waals surface area (Å²) < 4.78 is 0. The molecule has 0 unspecified atom stereocenters. The molecule has 2 aromatic rings. The van der Waals surface area contributed by atoms with Gasteiger partial charge in [-0.2, -0.15) is 0 Å². The molecule has 1 heterocycles. The lowest BCUT2D eigenvalue weighted by molar-refractivity contribution is 0.312. The molecule has 0 aliphatic carbocycles. The quantitative estimate of drug-likeness (QED) is 0.778. The summed E-state index contributed by atoms with van der Waals surface area (Å²) in [5.41, 5.74) is 5.80. The van der Waals surface area contributed by atoms with E-state index in [0.29, 0.717) is 0 Å². The Hall–Kier alpha value is -1.80. The minimum atomic E-state index is 1.12. The smallest absolute Gasteiger partial charge is 0.0399 e. The molecule has 25 heavy (non-hydrogen) atoms. The third-order valence-electron chi connectivity index (χ3n) is 4.79. The third kappa shape index (κ3) is 5.89. The second kappa shape index (κ2) is 10.2. The summed E-state index contributed by atoms with van der Waals surface area (Å²) in [6, 6.07) is 17.6. The van der Waals surface area contributed by atoms with Crippen molar-refractivity contribution >= 4 is 5.69 Å². The highest BCUT2D eigenvalue weighted by Gasteiger charge is 2.16. The lowest BCUT2D eigenvalue weighted by atomic mass is 9.98. The molecule has 0 N–H and O–H groups in total. The molecule has 2 aromatic carbocycles. The van der Waals surface area contributed by atoms with Crippen molar-refractivity contribution in [3.63, 3.8) is 0 Å². The van der Waals surface area contributed by atoms with E-state index in [0.717, 1.165) is 39.0 Å². The van der Waals surface area contributed by atoms with Crippen molar-refractivity contribution < 1.29 is 0 Å². The lowest BCUT2D eigenvalue weighted by Gasteiger charge is -2.35. The maximum absolute atomic E-state index is 2.54. The second-order valence-electron chi connectivity index (χ2n) is 7.04. The standard InChI is InChI=1S/C20H26N2.C3H8/c1-17-19(12-11-18-7-4-3-5-8-18)9-6-10-20(17)22-15-13-21(2)14-16-22;1-3-2/h3-10H,11-16H2,1-2H3;3H2,1-2H3. The van der Waals surface area contributed by atoms with Crippen LogP contribution < -0.4 is 4.90 Å². The highest BCUT2D eigenvalue weighted by Crippen LogP contribution is 2.25. The van der Waals surface area contributed by atoms with Crippen molar-refractivity contribution in [1.29, 1.82) is 0 Å². The summed E-state index contributed by atoms with van der Waals surface area (Å²) in [6.07, 6.45) is 3.49. The average molecular weight is 339 g/mol. The molecule has 0 atom stereocenters. The van der Waals surface area contributed by atoms with Crippen molar-refractivity contribution in [2.24, 2.45) is 0 Å². The van der Waals surface area contributed by atoms with Crippen molar-refractivity contribution in [2.45, 2.75) is 40.0 Å². The predicted octanol–water partition coefficient (Wildman–Crippen LogP) is 4.95. The van der Waals surface area contributed by atoms with E-state index in [1.165, 1.54) is 28.8 Å². The van der Waals surface area contributed by atoms with Gasteiger partial charge in [-0.05, 0) is 49.6 Å². The van der Waals surface area contributed by atoms with Crippen LogP contribution in [0.4, 0.5) is 5.69 Å². The number of aryl methyl sites for hydroxylation is 2. The van der Waals surface area contributed by atoms with Gasteiger partial charge in [-0.15, -0.1) is 0 Å². The molecule has 0 saturated carbocycles. The molecule has 2 heteroatoms. The van der Waals surface area contributed by atoms with Crippen molar-refractivity contribution in [1.82, 2.24) is 4.90 Å². The lowest BCUT2D eigenvalue weighted by Crippen LogP contribution is -2.44. The number of likely N-dealkylation sites (N-methyl/N-ethyl adjacent to an activating group) is 1. The van der Waals surface area contributed by atoms with Crippen LogP contribution in [0.5, 0.6) is 0 Å². The Labute approximate surface area is 154 Å². The number of rotatable bonds is 4. The van der Waals surface area contributed by atoms with E-state index in [1.54, 1.807) is 0 Å². The topological polar surface area (TPSA) is 6.48 Å². The van der Waals surface area contributed by atoms with E-state index in [4.69, 9.17) is 0 Å². The number of hydrogen-bond donors (Lipinski definition) is 0. The van der Waals surface area contributed by atoms with Gasteiger partial charge in [0.05, 0.1) is 0 Å². The fourth-order valence-electron chi connectivity index (χ4n) is 3.25. The van der Waals surface area contributed by atoms with E-state index >= 15 is 0 Å². The Kier molecular flexibility index (Phi) is 8.00. The van der Waals surface area contributed by atoms with Gasteiger partial charge >= 0.3 is 0 Å². The van der Waals surface area contributed by atoms with E-state index < -0.39 is 0 Å². The molecule has 0 radical (unpaired) electrons. The van der Waals surface area contributed by atoms with Gasteiger partial charge in [0, 0.05) is 31.9 Å². The first-order chi connectivity index (χ1) is 12.2. The monoisotopic (exact) mass is 338 g/mol. The van der Waals surface area contributed by atoms with Gasteiger partial charge in [-0.25, -0.2) is 0 Å². The Morgan fingerprint density at radius 2 is 1.44 bits per heavy atom. The van der Waals surface area contributed by atoms with Gasteiger partial charge in [-0.3, -0.25) is 0 Å². The molecule has 0 spiro atoms. The Balaban J connectivity index is 0.000000701. The van der Waals surface area contributed by atoms with Crippen LogP contribution in [0, 0.1) is 6.92 Å². The number of hydrogen-bond acceptors (Lipinski definition) is 2. The van der Waals surface area contributed by atoms with Crippen LogP contribution in [0.1, 0.15) is 37.0 Å². The van der Waals surface area contributed by atoms with E-state index in [2.05, 4.69) is 86.1 Å². The van der Waals surface area contributed by atoms with Gasteiger partial charge in [0.25, 0.3) is 0 Å². The first-order valence-corrected chi connectivity index (χ1v) is 9.71. The molecule has 2 nitrogen and oxygen atoms in total. The molecule has 1 aliphatic rings. The summed E-state index contributed by atoms with van der Waals surface area (Å²) >= 11 is 0. The predicted molar refractivity (Wildman–Crippen MR) is 111 cm³/mol. The molecule has 1 saturated heterocycles. The van der Waals surface area contributed by atoms with E-state index in [-0.39, 0.29) is 0 Å². The van der Waals surface area contributed by atoms with Gasteiger partial charge < -0.3 is 9.80 Å². The molecule has 136 valence electrons. The third-order valence-corrected chi connectivity index (χ3v) is 4.79. The highest BCUT2D eigenvalue weighted by molar-refractivity contribution is 5.56. The zero-order valence-corrected chi connectivity index (χ0v) is 16.5. The van der Waals surface area contributed by atoms with Gasteiger partial charge in [0.1, 0.15) is 0 Å². The van der Waals surface area contributed by atoms with Crippen LogP contribution in [-0.4, -0.2) is 38.1 Å². The fraction of sp³-hybridized carbons (Fsp3) is 0.478. The Morgan fingerprint density at radius 3 is 2.08 bits per heavy atom. The van der Waals surface area contributed by atoms with Gasteiger partial charge in [-0.1, -0.05) is 62.7 Å². The summed E-state index contributed by atoms with van der Waals surface area (Å²) in [5.74, 6) is 0. The molecule has 0 amide bonds. The van der Waals surface area contributed by atoms with Crippen molar-refractivity contribution in [3.05, 3.63) is 65.2 Å². The van der Waals surface area contributed by atoms with Gasteiger partial charge in [0.15, 0.2) is 0 Å². The first kappa shape index (κ1) is 19.5. The number of nitrogens with zero attached hydrogens (tertiary/aromatic N) is 2. The second-order valence-corrected chi connectivity index (χ2v) is 7.04. The Morgan fingerprint density at radius 1 is 0.800 bits per heavy atom. The van der Waals surface area contributed by atoms with Gasteiger partial charge in [0.2, 0.25) is 0 Å². The number of anilines is 1. The maximum atomic E-state index is 2.54. The van der Waals surface area contributed by atoms with Crippen LogP contribution in [0.25, 0.3) is 0 Å². The zero-order chi connectivity index (χ0) is 18.1. The largest absolute Gasteiger partial charge is 0.369 e. The molecule has 1 aliphatic heterocycles. The van der Waals surface area contributed by atoms with Crippen molar-refractivity contribution in [3.8, 4) is 0 Å². The van der Waals surface area contributed by atoms with Crippen molar-refractivity contribution in [2.75, 3.05) is 38.1 Å². The summed E-state index contributed by atoms with van der Waals surface area (Å²) in [7, 11) is 2.21. The number of benzene rings is 2.